The van der Waals surface area contributed by atoms with Gasteiger partial charge < -0.3 is 0 Å². The second-order valence-corrected chi connectivity index (χ2v) is 13.9. The fraction of sp³-hybridized carbons (Fsp3) is 0. The molecule has 250 valence electrons. The van der Waals surface area contributed by atoms with Crippen molar-refractivity contribution in [2.45, 2.75) is 0 Å². The summed E-state index contributed by atoms with van der Waals surface area (Å²) in [6.45, 7) is 0. The zero-order valence-electron chi connectivity index (χ0n) is 29.1. The van der Waals surface area contributed by atoms with Crippen LogP contribution in [-0.2, 0) is 0 Å². The Balaban J connectivity index is 1.14. The first-order valence-corrected chi connectivity index (χ1v) is 18.2. The van der Waals surface area contributed by atoms with Gasteiger partial charge in [-0.3, -0.25) is 0 Å². The fourth-order valence-electron chi connectivity index (χ4n) is 7.96. The molecule has 0 amide bonds. The molecule has 0 atom stereocenters. The van der Waals surface area contributed by atoms with E-state index in [0.29, 0.717) is 23.2 Å². The molecule has 0 spiro atoms. The highest BCUT2D eigenvalue weighted by atomic mass is 15.0. The normalized spacial score (nSPS) is 11.7. The zero-order valence-corrected chi connectivity index (χ0v) is 29.1. The van der Waals surface area contributed by atoms with Gasteiger partial charge in [-0.05, 0) is 83.9 Å². The molecule has 0 bridgehead atoms. The van der Waals surface area contributed by atoms with Crippen LogP contribution in [-0.4, -0.2) is 19.9 Å². The number of fused-ring (bicyclic) bond motifs is 10. The van der Waals surface area contributed by atoms with Gasteiger partial charge in [-0.1, -0.05) is 158 Å². The maximum Gasteiger partial charge on any atom is 0.182 e. The molecule has 0 aliphatic carbocycles. The second-order valence-electron chi connectivity index (χ2n) is 13.9. The highest BCUT2D eigenvalue weighted by Crippen LogP contribution is 2.39. The summed E-state index contributed by atoms with van der Waals surface area (Å²) < 4.78 is 0. The Bertz CT molecular complexity index is 3280. The zero-order chi connectivity index (χ0) is 35.6. The highest BCUT2D eigenvalue weighted by molar-refractivity contribution is 6.26. The monoisotopic (exact) mass is 686 g/mol. The van der Waals surface area contributed by atoms with Gasteiger partial charge in [0.25, 0.3) is 0 Å². The van der Waals surface area contributed by atoms with Crippen molar-refractivity contribution in [3.05, 3.63) is 182 Å². The quantitative estimate of drug-likeness (QED) is 0.173. The molecule has 0 aliphatic heterocycles. The molecule has 0 radical (unpaired) electrons. The molecule has 0 saturated carbocycles. The Morgan fingerprint density at radius 1 is 0.241 bits per heavy atom. The average Bonchev–Trinajstić information content (AvgIpc) is 3.26. The lowest BCUT2D eigenvalue weighted by molar-refractivity contribution is 1.06. The summed E-state index contributed by atoms with van der Waals surface area (Å²) in [5.74, 6) is 1.75. The van der Waals surface area contributed by atoms with E-state index in [-0.39, 0.29) is 0 Å². The van der Waals surface area contributed by atoms with E-state index in [2.05, 4.69) is 146 Å². The van der Waals surface area contributed by atoms with Gasteiger partial charge in [-0.25, -0.2) is 19.9 Å². The molecule has 0 N–H and O–H groups in total. The highest BCUT2D eigenvalue weighted by Gasteiger charge is 2.17. The third-order valence-electron chi connectivity index (χ3n) is 10.7. The van der Waals surface area contributed by atoms with E-state index >= 15 is 0 Å². The summed E-state index contributed by atoms with van der Waals surface area (Å²) >= 11 is 0. The van der Waals surface area contributed by atoms with Crippen LogP contribution in [0, 0.1) is 0 Å². The molecule has 54 heavy (non-hydrogen) atoms. The van der Waals surface area contributed by atoms with E-state index in [0.717, 1.165) is 38.2 Å². The van der Waals surface area contributed by atoms with E-state index < -0.39 is 0 Å². The molecule has 11 rings (SSSR count). The Morgan fingerprint density at radius 2 is 0.741 bits per heavy atom. The van der Waals surface area contributed by atoms with Crippen molar-refractivity contribution in [1.82, 2.24) is 19.9 Å². The van der Waals surface area contributed by atoms with Gasteiger partial charge in [-0.2, -0.15) is 0 Å². The van der Waals surface area contributed by atoms with Gasteiger partial charge >= 0.3 is 0 Å². The SMILES string of the molecule is c1ccc(-c2nc(-c3ccc4c5ccccc5c5ccc(-c6ccc7ccccc7c6)cc5c4c3)nc(-c3ccc4ccc5ccccc5c4n3)n2)cc1. The number of rotatable bonds is 4. The molecular formula is C50H30N4. The molecule has 2 heterocycles. The minimum Gasteiger partial charge on any atom is -0.244 e. The summed E-state index contributed by atoms with van der Waals surface area (Å²) in [6, 6.07) is 64.3. The van der Waals surface area contributed by atoms with E-state index in [1.165, 1.54) is 48.8 Å². The van der Waals surface area contributed by atoms with Crippen LogP contribution >= 0.6 is 0 Å². The van der Waals surface area contributed by atoms with Gasteiger partial charge in [-0.15, -0.1) is 0 Å². The van der Waals surface area contributed by atoms with E-state index in [1.54, 1.807) is 0 Å². The molecule has 0 saturated heterocycles. The molecular weight excluding hydrogens is 657 g/mol. The van der Waals surface area contributed by atoms with Crippen molar-refractivity contribution in [3.63, 3.8) is 0 Å². The van der Waals surface area contributed by atoms with Gasteiger partial charge in [0.1, 0.15) is 5.69 Å². The lowest BCUT2D eigenvalue weighted by Crippen LogP contribution is -2.01. The maximum absolute atomic E-state index is 5.17. The number of hydrogen-bond donors (Lipinski definition) is 0. The summed E-state index contributed by atoms with van der Waals surface area (Å²) in [7, 11) is 0. The summed E-state index contributed by atoms with van der Waals surface area (Å²) in [5, 5.41) is 13.0. The predicted octanol–water partition coefficient (Wildman–Crippen LogP) is 12.9. The molecule has 4 nitrogen and oxygen atoms in total. The first-order valence-electron chi connectivity index (χ1n) is 18.2. The Hall–Kier alpha value is -7.30. The maximum atomic E-state index is 5.17. The van der Waals surface area contributed by atoms with E-state index in [1.807, 2.05) is 36.4 Å². The van der Waals surface area contributed by atoms with Crippen molar-refractivity contribution in [2.75, 3.05) is 0 Å². The molecule has 0 aliphatic rings. The van der Waals surface area contributed by atoms with Crippen molar-refractivity contribution in [3.8, 4) is 45.4 Å². The molecule has 0 fully saturated rings. The van der Waals surface area contributed by atoms with Crippen LogP contribution < -0.4 is 0 Å². The lowest BCUT2D eigenvalue weighted by atomic mass is 9.91. The van der Waals surface area contributed by atoms with Gasteiger partial charge in [0.2, 0.25) is 0 Å². The van der Waals surface area contributed by atoms with Gasteiger partial charge in [0.15, 0.2) is 17.5 Å². The smallest absolute Gasteiger partial charge is 0.182 e. The molecule has 2 aromatic heterocycles. The number of hydrogen-bond acceptors (Lipinski definition) is 4. The van der Waals surface area contributed by atoms with Gasteiger partial charge in [0, 0.05) is 21.9 Å². The topological polar surface area (TPSA) is 51.6 Å². The standard InChI is InChI=1S/C50H30N4/c1-2-12-34(13-3-1)48-52-49(54-50(53-48)46-27-24-33-20-19-32-11-6-7-15-39(32)47(33)51-46)38-23-26-43-41-17-9-8-16-40(41)42-25-22-37(29-44(42)45(43)30-38)36-21-18-31-10-4-5-14-35(31)28-36/h1-30H. The van der Waals surface area contributed by atoms with Gasteiger partial charge in [0.05, 0.1) is 5.52 Å². The minimum absolute atomic E-state index is 0.538. The first-order chi connectivity index (χ1) is 26.7. The molecule has 4 heteroatoms. The Morgan fingerprint density at radius 3 is 1.52 bits per heavy atom. The van der Waals surface area contributed by atoms with Crippen LogP contribution in [0.4, 0.5) is 0 Å². The van der Waals surface area contributed by atoms with Crippen LogP contribution in [0.3, 0.4) is 0 Å². The number of pyridine rings is 1. The van der Waals surface area contributed by atoms with Crippen molar-refractivity contribution in [1.29, 1.82) is 0 Å². The van der Waals surface area contributed by atoms with Crippen molar-refractivity contribution >= 4 is 64.8 Å². The van der Waals surface area contributed by atoms with E-state index in [9.17, 15) is 0 Å². The van der Waals surface area contributed by atoms with Crippen molar-refractivity contribution in [2.24, 2.45) is 0 Å². The average molecular weight is 687 g/mol. The third-order valence-corrected chi connectivity index (χ3v) is 10.7. The number of aromatic nitrogens is 4. The van der Waals surface area contributed by atoms with Crippen LogP contribution in [0.15, 0.2) is 182 Å². The Labute approximate surface area is 311 Å². The number of benzene rings is 9. The summed E-state index contributed by atoms with van der Waals surface area (Å²) in [4.78, 5) is 20.4. The summed E-state index contributed by atoms with van der Waals surface area (Å²) in [6.07, 6.45) is 0. The lowest BCUT2D eigenvalue weighted by Gasteiger charge is -2.14. The third kappa shape index (κ3) is 5.00. The van der Waals surface area contributed by atoms with Crippen molar-refractivity contribution < 1.29 is 0 Å². The minimum atomic E-state index is 0.538. The van der Waals surface area contributed by atoms with Crippen LogP contribution in [0.2, 0.25) is 0 Å². The largest absolute Gasteiger partial charge is 0.244 e. The predicted molar refractivity (Wildman–Crippen MR) is 224 cm³/mol. The molecule has 11 aromatic rings. The Kier molecular flexibility index (Phi) is 6.82. The second kappa shape index (κ2) is 12.1. The fourth-order valence-corrected chi connectivity index (χ4v) is 7.96. The van der Waals surface area contributed by atoms with Crippen LogP contribution in [0.25, 0.3) is 110 Å². The van der Waals surface area contributed by atoms with Crippen LogP contribution in [0.5, 0.6) is 0 Å². The molecule has 9 aromatic carbocycles. The molecule has 0 unspecified atom stereocenters. The number of nitrogens with zero attached hydrogens (tertiary/aromatic N) is 4. The summed E-state index contributed by atoms with van der Waals surface area (Å²) in [5.41, 5.74) is 5.85. The first kappa shape index (κ1) is 30.3. The van der Waals surface area contributed by atoms with E-state index in [4.69, 9.17) is 19.9 Å². The van der Waals surface area contributed by atoms with Crippen LogP contribution in [0.1, 0.15) is 0 Å².